The van der Waals surface area contributed by atoms with Gasteiger partial charge in [-0.05, 0) is 71.2 Å². The monoisotopic (exact) mass is 466 g/mol. The molecule has 1 heterocycles. The minimum absolute atomic E-state index is 0.0676. The fraction of sp³-hybridized carbons (Fsp3) is 0.281. The fourth-order valence-electron chi connectivity index (χ4n) is 5.24. The van der Waals surface area contributed by atoms with Crippen LogP contribution in [0.25, 0.3) is 33.2 Å². The smallest absolute Gasteiger partial charge is 0.347 e. The topological polar surface area (TPSA) is 30.2 Å². The van der Waals surface area contributed by atoms with Gasteiger partial charge in [-0.1, -0.05) is 86.5 Å². The Bertz CT molecular complexity index is 1390. The predicted molar refractivity (Wildman–Crippen MR) is 142 cm³/mol. The Kier molecular flexibility index (Phi) is 6.68. The van der Waals surface area contributed by atoms with Gasteiger partial charge in [0.25, 0.3) is 0 Å². The number of aryl methyl sites for hydroxylation is 1. The number of hydrogen-bond donors (Lipinski definition) is 0. The minimum atomic E-state index is -0.611. The second-order valence-electron chi connectivity index (χ2n) is 9.89. The van der Waals surface area contributed by atoms with Gasteiger partial charge in [-0.25, -0.2) is 9.18 Å². The van der Waals surface area contributed by atoms with Gasteiger partial charge >= 0.3 is 5.63 Å². The first-order valence-corrected chi connectivity index (χ1v) is 12.6. The largest absolute Gasteiger partial charge is 0.422 e. The summed E-state index contributed by atoms with van der Waals surface area (Å²) in [6.07, 6.45) is 8.04. The summed E-state index contributed by atoms with van der Waals surface area (Å²) >= 11 is 0. The molecule has 0 N–H and O–H groups in total. The molecule has 0 spiro atoms. The lowest BCUT2D eigenvalue weighted by Gasteiger charge is -2.26. The average molecular weight is 467 g/mol. The third kappa shape index (κ3) is 4.86. The molecule has 4 aromatic rings. The SMILES string of the molecule is C=CCCc1ccc(-c2ccc(-c3cc4ccc(C5CCC(C)CC5)c(F)c4c(=O)o3)cc2)cc1. The molecule has 0 atom stereocenters. The lowest BCUT2D eigenvalue weighted by molar-refractivity contribution is 0.342. The first-order valence-electron chi connectivity index (χ1n) is 12.6. The van der Waals surface area contributed by atoms with Crippen molar-refractivity contribution in [3.05, 3.63) is 107 Å². The van der Waals surface area contributed by atoms with Crippen molar-refractivity contribution in [3.63, 3.8) is 0 Å². The van der Waals surface area contributed by atoms with Crippen molar-refractivity contribution in [3.8, 4) is 22.5 Å². The van der Waals surface area contributed by atoms with Gasteiger partial charge in [0.1, 0.15) is 17.0 Å². The van der Waals surface area contributed by atoms with Crippen LogP contribution in [0.15, 0.2) is 88.6 Å². The molecule has 1 saturated carbocycles. The molecular weight excluding hydrogens is 435 g/mol. The number of halogens is 1. The molecule has 178 valence electrons. The van der Waals surface area contributed by atoms with Gasteiger partial charge in [-0.15, -0.1) is 6.58 Å². The zero-order valence-electron chi connectivity index (χ0n) is 20.2. The highest BCUT2D eigenvalue weighted by molar-refractivity contribution is 5.85. The molecule has 3 heteroatoms. The van der Waals surface area contributed by atoms with Crippen LogP contribution in [0.2, 0.25) is 0 Å². The molecule has 0 radical (unpaired) electrons. The van der Waals surface area contributed by atoms with Crippen LogP contribution in [0.3, 0.4) is 0 Å². The Hall–Kier alpha value is -3.46. The van der Waals surface area contributed by atoms with Gasteiger partial charge in [-0.3, -0.25) is 0 Å². The molecule has 1 aliphatic rings. The fourth-order valence-corrected chi connectivity index (χ4v) is 5.24. The molecule has 5 rings (SSSR count). The Labute approximate surface area is 206 Å². The molecule has 0 aliphatic heterocycles. The highest BCUT2D eigenvalue weighted by Crippen LogP contribution is 2.38. The van der Waals surface area contributed by atoms with E-state index in [1.165, 1.54) is 5.56 Å². The predicted octanol–water partition coefficient (Wildman–Crippen LogP) is 8.68. The molecule has 3 aromatic carbocycles. The van der Waals surface area contributed by atoms with Gasteiger partial charge in [0.2, 0.25) is 0 Å². The van der Waals surface area contributed by atoms with Crippen molar-refractivity contribution in [2.45, 2.75) is 51.4 Å². The first-order chi connectivity index (χ1) is 17.0. The lowest BCUT2D eigenvalue weighted by atomic mass is 9.79. The van der Waals surface area contributed by atoms with Crippen LogP contribution in [-0.4, -0.2) is 0 Å². The molecule has 0 saturated heterocycles. The molecule has 35 heavy (non-hydrogen) atoms. The second-order valence-corrected chi connectivity index (χ2v) is 9.89. The van der Waals surface area contributed by atoms with E-state index in [1.54, 1.807) is 6.07 Å². The number of rotatable bonds is 6. The van der Waals surface area contributed by atoms with Crippen molar-refractivity contribution < 1.29 is 8.81 Å². The third-order valence-corrected chi connectivity index (χ3v) is 7.45. The van der Waals surface area contributed by atoms with Crippen molar-refractivity contribution in [1.29, 1.82) is 0 Å². The van der Waals surface area contributed by atoms with Crippen molar-refractivity contribution in [1.82, 2.24) is 0 Å². The second kappa shape index (κ2) is 10.0. The van der Waals surface area contributed by atoms with Crippen LogP contribution in [0.4, 0.5) is 4.39 Å². The van der Waals surface area contributed by atoms with Crippen LogP contribution in [0, 0.1) is 11.7 Å². The average Bonchev–Trinajstić information content (AvgIpc) is 2.88. The van der Waals surface area contributed by atoms with E-state index in [9.17, 15) is 4.79 Å². The van der Waals surface area contributed by atoms with Crippen LogP contribution in [-0.2, 0) is 6.42 Å². The Morgan fingerprint density at radius 1 is 0.914 bits per heavy atom. The molecule has 1 aromatic heterocycles. The van der Waals surface area contributed by atoms with Gasteiger partial charge in [0, 0.05) is 5.56 Å². The Morgan fingerprint density at radius 2 is 1.54 bits per heavy atom. The van der Waals surface area contributed by atoms with E-state index >= 15 is 4.39 Å². The summed E-state index contributed by atoms with van der Waals surface area (Å²) in [4.78, 5) is 12.9. The molecule has 1 fully saturated rings. The zero-order chi connectivity index (χ0) is 24.4. The van der Waals surface area contributed by atoms with E-state index in [1.807, 2.05) is 42.5 Å². The van der Waals surface area contributed by atoms with Crippen molar-refractivity contribution >= 4 is 10.8 Å². The molecule has 0 unspecified atom stereocenters. The van der Waals surface area contributed by atoms with Crippen LogP contribution < -0.4 is 5.63 Å². The highest BCUT2D eigenvalue weighted by Gasteiger charge is 2.24. The normalized spacial score (nSPS) is 18.0. The van der Waals surface area contributed by atoms with E-state index in [2.05, 4.69) is 37.8 Å². The number of allylic oxidation sites excluding steroid dienone is 1. The maximum Gasteiger partial charge on any atom is 0.347 e. The van der Waals surface area contributed by atoms with Crippen LogP contribution >= 0.6 is 0 Å². The maximum atomic E-state index is 15.4. The summed E-state index contributed by atoms with van der Waals surface area (Å²) < 4.78 is 21.0. The first kappa shape index (κ1) is 23.3. The van der Waals surface area contributed by atoms with Gasteiger partial charge in [0.15, 0.2) is 0 Å². The highest BCUT2D eigenvalue weighted by atomic mass is 19.1. The van der Waals surface area contributed by atoms with E-state index < -0.39 is 11.4 Å². The Morgan fingerprint density at radius 3 is 2.20 bits per heavy atom. The van der Waals surface area contributed by atoms with Gasteiger partial charge in [0.05, 0.1) is 0 Å². The van der Waals surface area contributed by atoms with Gasteiger partial charge in [-0.2, -0.15) is 0 Å². The molecule has 0 bridgehead atoms. The number of hydrogen-bond acceptors (Lipinski definition) is 2. The van der Waals surface area contributed by atoms with E-state index in [4.69, 9.17) is 4.42 Å². The molecule has 0 amide bonds. The third-order valence-electron chi connectivity index (χ3n) is 7.45. The molecule has 2 nitrogen and oxygen atoms in total. The summed E-state index contributed by atoms with van der Waals surface area (Å²) in [5.41, 5.74) is 4.34. The Balaban J connectivity index is 1.41. The summed E-state index contributed by atoms with van der Waals surface area (Å²) in [7, 11) is 0. The lowest BCUT2D eigenvalue weighted by Crippen LogP contribution is -2.13. The summed E-state index contributed by atoms with van der Waals surface area (Å²) in [5, 5.41) is 0.652. The van der Waals surface area contributed by atoms with Crippen molar-refractivity contribution in [2.75, 3.05) is 0 Å². The van der Waals surface area contributed by atoms with Crippen LogP contribution in [0.1, 0.15) is 56.1 Å². The van der Waals surface area contributed by atoms with Crippen molar-refractivity contribution in [2.24, 2.45) is 5.92 Å². The van der Waals surface area contributed by atoms with Gasteiger partial charge < -0.3 is 4.42 Å². The standard InChI is InChI=1S/C32H31FO2/c1-3-4-5-22-8-12-23(13-9-22)24-14-16-26(17-15-24)29-20-27-18-19-28(25-10-6-21(2)7-11-25)31(33)30(27)32(34)35-29/h3,8-9,12-21,25H,1,4-7,10-11H2,2H3. The quantitative estimate of drug-likeness (QED) is 0.266. The van der Waals surface area contributed by atoms with E-state index in [0.717, 1.165) is 55.2 Å². The maximum absolute atomic E-state index is 15.4. The number of benzene rings is 3. The van der Waals surface area contributed by atoms with E-state index in [-0.39, 0.29) is 11.3 Å². The summed E-state index contributed by atoms with van der Waals surface area (Å²) in [6, 6.07) is 22.0. The molecule has 1 aliphatic carbocycles. The van der Waals surface area contributed by atoms with Crippen LogP contribution in [0.5, 0.6) is 0 Å². The summed E-state index contributed by atoms with van der Waals surface area (Å²) in [6.45, 7) is 6.03. The molecular formula is C32H31FO2. The zero-order valence-corrected chi connectivity index (χ0v) is 20.2. The van der Waals surface area contributed by atoms with E-state index in [0.29, 0.717) is 22.6 Å². The number of fused-ring (bicyclic) bond motifs is 1. The minimum Gasteiger partial charge on any atom is -0.422 e. The summed E-state index contributed by atoms with van der Waals surface area (Å²) in [5.74, 6) is 0.912.